The first-order valence-electron chi connectivity index (χ1n) is 4.26. The van der Waals surface area contributed by atoms with Gasteiger partial charge in [-0.25, -0.2) is 0 Å². The third-order valence-electron chi connectivity index (χ3n) is 2.02. The molecule has 1 aliphatic rings. The van der Waals surface area contributed by atoms with E-state index in [1.165, 1.54) is 14.2 Å². The first-order chi connectivity index (χ1) is 6.72. The summed E-state index contributed by atoms with van der Waals surface area (Å²) in [5.41, 5.74) is 1.26. The van der Waals surface area contributed by atoms with Gasteiger partial charge in [-0.3, -0.25) is 0 Å². The second-order valence-corrected chi connectivity index (χ2v) is 2.93. The van der Waals surface area contributed by atoms with Crippen molar-refractivity contribution in [3.05, 3.63) is 39.8 Å². The van der Waals surface area contributed by atoms with Crippen LogP contribution >= 0.6 is 0 Å². The molecule has 0 aromatic rings. The molecule has 0 unspecified atom stereocenters. The summed E-state index contributed by atoms with van der Waals surface area (Å²) in [6.07, 6.45) is 4.28. The second-order valence-electron chi connectivity index (χ2n) is 2.93. The molecule has 0 spiro atoms. The predicted octanol–water partition coefficient (Wildman–Crippen LogP) is 2.49. The maximum atomic E-state index is 10.6. The van der Waals surface area contributed by atoms with E-state index in [1.54, 1.807) is 6.08 Å². The summed E-state index contributed by atoms with van der Waals surface area (Å²) >= 11 is 0. The zero-order valence-electron chi connectivity index (χ0n) is 8.53. The maximum Gasteiger partial charge on any atom is 0.187 e. The Morgan fingerprint density at radius 3 is 2.57 bits per heavy atom. The van der Waals surface area contributed by atoms with Crippen LogP contribution in [0.15, 0.2) is 40.1 Å². The van der Waals surface area contributed by atoms with Gasteiger partial charge in [0.25, 0.3) is 0 Å². The van der Waals surface area contributed by atoms with Crippen LogP contribution in [-0.2, 0) is 9.47 Å². The van der Waals surface area contributed by atoms with Gasteiger partial charge in [0.15, 0.2) is 11.5 Å². The summed E-state index contributed by atoms with van der Waals surface area (Å²) in [5.74, 6) is 0.980. The van der Waals surface area contributed by atoms with Crippen LogP contribution in [0.1, 0.15) is 13.3 Å². The molecule has 0 aromatic heterocycles. The highest BCUT2D eigenvalue weighted by atomic mass is 16.5. The molecule has 1 aliphatic carbocycles. The molecule has 0 fully saturated rings. The van der Waals surface area contributed by atoms with Crippen molar-refractivity contribution < 1.29 is 9.47 Å². The molecule has 4 heteroatoms. The maximum absolute atomic E-state index is 10.6. The van der Waals surface area contributed by atoms with E-state index in [4.69, 9.17) is 9.47 Å². The van der Waals surface area contributed by atoms with Gasteiger partial charge in [-0.1, -0.05) is 11.6 Å². The lowest BCUT2D eigenvalue weighted by Crippen LogP contribution is -1.96. The van der Waals surface area contributed by atoms with Gasteiger partial charge in [-0.05, 0) is 18.2 Å². The summed E-state index contributed by atoms with van der Waals surface area (Å²) in [4.78, 5) is 10.6. The first-order valence-corrected chi connectivity index (χ1v) is 4.26. The number of rotatable bonds is 3. The van der Waals surface area contributed by atoms with Crippen LogP contribution in [0.4, 0.5) is 0 Å². The number of allylic oxidation sites excluding steroid dienone is 3. The van der Waals surface area contributed by atoms with Crippen LogP contribution < -0.4 is 0 Å². The molecule has 0 N–H and O–H groups in total. The van der Waals surface area contributed by atoms with E-state index in [0.29, 0.717) is 17.9 Å². The lowest BCUT2D eigenvalue weighted by atomic mass is 10.2. The van der Waals surface area contributed by atoms with E-state index in [9.17, 15) is 4.91 Å². The fourth-order valence-corrected chi connectivity index (χ4v) is 1.25. The van der Waals surface area contributed by atoms with Crippen molar-refractivity contribution >= 4 is 0 Å². The van der Waals surface area contributed by atoms with Gasteiger partial charge in [0.1, 0.15) is 5.76 Å². The molecule has 1 rings (SSSR count). The molecule has 0 saturated heterocycles. The van der Waals surface area contributed by atoms with Crippen molar-refractivity contribution in [3.8, 4) is 0 Å². The van der Waals surface area contributed by atoms with Gasteiger partial charge >= 0.3 is 0 Å². The summed E-state index contributed by atoms with van der Waals surface area (Å²) in [6, 6.07) is 0. The molecule has 0 aromatic carbocycles. The minimum absolute atomic E-state index is 0.239. The quantitative estimate of drug-likeness (QED) is 0.650. The van der Waals surface area contributed by atoms with Crippen molar-refractivity contribution in [2.24, 2.45) is 5.18 Å². The van der Waals surface area contributed by atoms with Crippen molar-refractivity contribution in [2.75, 3.05) is 14.2 Å². The Hall–Kier alpha value is -1.58. The Morgan fingerprint density at radius 2 is 2.07 bits per heavy atom. The van der Waals surface area contributed by atoms with Gasteiger partial charge in [-0.15, -0.1) is 4.91 Å². The Morgan fingerprint density at radius 1 is 1.36 bits per heavy atom. The number of ether oxygens (including phenoxy) is 2. The Kier molecular flexibility index (Phi) is 3.45. The van der Waals surface area contributed by atoms with E-state index in [-0.39, 0.29) is 5.70 Å². The highest BCUT2D eigenvalue weighted by Crippen LogP contribution is 2.25. The fraction of sp³-hybridized carbons (Fsp3) is 0.400. The van der Waals surface area contributed by atoms with Crippen LogP contribution in [0.25, 0.3) is 0 Å². The number of hydrogen-bond acceptors (Lipinski definition) is 4. The standard InChI is InChI=1S/C10H13NO3/c1-7-4-5-8(13-2)10(11-12)9(6-7)14-3/h4,6H,5H2,1-3H3. The number of nitroso groups, excluding NO2 is 1. The topological polar surface area (TPSA) is 47.9 Å². The van der Waals surface area contributed by atoms with Crippen LogP contribution in [0, 0.1) is 4.91 Å². The van der Waals surface area contributed by atoms with Gasteiger partial charge in [0, 0.05) is 6.42 Å². The Bertz CT molecular complexity index is 326. The molecule has 0 amide bonds. The molecule has 0 saturated carbocycles. The third kappa shape index (κ3) is 2.02. The van der Waals surface area contributed by atoms with Crippen LogP contribution in [0.2, 0.25) is 0 Å². The van der Waals surface area contributed by atoms with Crippen molar-refractivity contribution in [1.29, 1.82) is 0 Å². The van der Waals surface area contributed by atoms with E-state index < -0.39 is 0 Å². The SMILES string of the molecule is COC1=CC(C)=CCC(OC)=C1N=O. The van der Waals surface area contributed by atoms with Crippen LogP contribution in [0.3, 0.4) is 0 Å². The molecule has 14 heavy (non-hydrogen) atoms. The average molecular weight is 195 g/mol. The lowest BCUT2D eigenvalue weighted by Gasteiger charge is -2.07. The monoisotopic (exact) mass is 195 g/mol. The van der Waals surface area contributed by atoms with E-state index in [0.717, 1.165) is 5.57 Å². The van der Waals surface area contributed by atoms with E-state index in [2.05, 4.69) is 5.18 Å². The lowest BCUT2D eigenvalue weighted by molar-refractivity contribution is 0.262. The predicted molar refractivity (Wildman–Crippen MR) is 53.3 cm³/mol. The molecule has 0 aliphatic heterocycles. The van der Waals surface area contributed by atoms with Crippen molar-refractivity contribution in [3.63, 3.8) is 0 Å². The van der Waals surface area contributed by atoms with Gasteiger partial charge in [0.05, 0.1) is 14.2 Å². The zero-order chi connectivity index (χ0) is 10.6. The molecule has 0 bridgehead atoms. The highest BCUT2D eigenvalue weighted by Gasteiger charge is 2.16. The molecule has 0 heterocycles. The number of methoxy groups -OCH3 is 2. The Balaban J connectivity index is 3.18. The summed E-state index contributed by atoms with van der Waals surface area (Å²) in [7, 11) is 3.02. The van der Waals surface area contributed by atoms with Crippen LogP contribution in [0.5, 0.6) is 0 Å². The van der Waals surface area contributed by atoms with E-state index in [1.807, 2.05) is 13.0 Å². The van der Waals surface area contributed by atoms with Gasteiger partial charge < -0.3 is 9.47 Å². The van der Waals surface area contributed by atoms with Crippen molar-refractivity contribution in [1.82, 2.24) is 0 Å². The molecule has 0 atom stereocenters. The van der Waals surface area contributed by atoms with Crippen molar-refractivity contribution in [2.45, 2.75) is 13.3 Å². The number of nitrogens with zero attached hydrogens (tertiary/aromatic N) is 1. The second kappa shape index (κ2) is 4.60. The number of hydrogen-bond donors (Lipinski definition) is 0. The minimum atomic E-state index is 0.239. The normalized spacial score (nSPS) is 16.8. The van der Waals surface area contributed by atoms with E-state index >= 15 is 0 Å². The summed E-state index contributed by atoms with van der Waals surface area (Å²) in [6.45, 7) is 1.93. The zero-order valence-corrected chi connectivity index (χ0v) is 8.53. The average Bonchev–Trinajstić information content (AvgIpc) is 2.36. The minimum Gasteiger partial charge on any atom is -0.498 e. The Labute approximate surface area is 82.9 Å². The smallest absolute Gasteiger partial charge is 0.187 e. The molecule has 0 radical (unpaired) electrons. The fourth-order valence-electron chi connectivity index (χ4n) is 1.25. The molecule has 4 nitrogen and oxygen atoms in total. The molecular weight excluding hydrogens is 182 g/mol. The molecule has 76 valence electrons. The third-order valence-corrected chi connectivity index (χ3v) is 2.02. The summed E-state index contributed by atoms with van der Waals surface area (Å²) in [5, 5.41) is 2.92. The van der Waals surface area contributed by atoms with Gasteiger partial charge in [-0.2, -0.15) is 0 Å². The van der Waals surface area contributed by atoms with Gasteiger partial charge in [0.2, 0.25) is 0 Å². The highest BCUT2D eigenvalue weighted by molar-refractivity contribution is 5.37. The molecular formula is C10H13NO3. The summed E-state index contributed by atoms with van der Waals surface area (Å²) < 4.78 is 10.1. The first kappa shape index (κ1) is 10.5. The van der Waals surface area contributed by atoms with Crippen LogP contribution in [-0.4, -0.2) is 14.2 Å². The largest absolute Gasteiger partial charge is 0.498 e.